The Hall–Kier alpha value is -2.17. The van der Waals surface area contributed by atoms with Crippen LogP contribution in [-0.4, -0.2) is 50.8 Å². The topological polar surface area (TPSA) is 91.4 Å². The van der Waals surface area contributed by atoms with Crippen molar-refractivity contribution >= 4 is 27.6 Å². The van der Waals surface area contributed by atoms with Gasteiger partial charge in [-0.1, -0.05) is 17.7 Å². The minimum Gasteiger partial charge on any atom is -0.467 e. The average Bonchev–Trinajstić information content (AvgIpc) is 2.76. The molecule has 32 heavy (non-hydrogen) atoms. The molecule has 0 spiro atoms. The number of hydrogen-bond acceptors (Lipinski definition) is 7. The van der Waals surface area contributed by atoms with Gasteiger partial charge < -0.3 is 18.9 Å². The molecule has 0 bridgehead atoms. The lowest BCUT2D eigenvalue weighted by atomic mass is 10.1. The van der Waals surface area contributed by atoms with E-state index in [1.165, 1.54) is 28.6 Å². The zero-order valence-corrected chi connectivity index (χ0v) is 19.3. The molecule has 0 N–H and O–H groups in total. The maximum Gasteiger partial charge on any atom is 0.338 e. The summed E-state index contributed by atoms with van der Waals surface area (Å²) >= 11 is 6.15. The molecular weight excluding hydrogens is 458 g/mol. The second-order valence-corrected chi connectivity index (χ2v) is 10.2. The first-order valence-electron chi connectivity index (χ1n) is 10.2. The van der Waals surface area contributed by atoms with E-state index in [0.717, 1.165) is 5.56 Å². The van der Waals surface area contributed by atoms with Crippen LogP contribution < -0.4 is 4.74 Å². The summed E-state index contributed by atoms with van der Waals surface area (Å²) in [5.41, 5.74) is 1.53. The molecule has 0 aliphatic carbocycles. The summed E-state index contributed by atoms with van der Waals surface area (Å²) in [5, 5.41) is 0.478. The van der Waals surface area contributed by atoms with Gasteiger partial charge in [0.15, 0.2) is 6.79 Å². The van der Waals surface area contributed by atoms with Crippen LogP contribution in [0.3, 0.4) is 0 Å². The number of esters is 1. The van der Waals surface area contributed by atoms with Gasteiger partial charge in [-0.3, -0.25) is 0 Å². The van der Waals surface area contributed by atoms with Crippen molar-refractivity contribution in [3.8, 4) is 5.75 Å². The minimum atomic E-state index is -3.77. The first-order chi connectivity index (χ1) is 15.2. The van der Waals surface area contributed by atoms with Gasteiger partial charge in [0.05, 0.1) is 29.3 Å². The second-order valence-electron chi connectivity index (χ2n) is 7.85. The lowest BCUT2D eigenvalue weighted by Crippen LogP contribution is -2.48. The van der Waals surface area contributed by atoms with Crippen LogP contribution in [0.25, 0.3) is 0 Å². The fraction of sp³-hybridized carbons (Fsp3) is 0.409. The predicted octanol–water partition coefficient (Wildman–Crippen LogP) is 3.36. The molecular formula is C22H24ClNO7S. The Morgan fingerprint density at radius 1 is 1.19 bits per heavy atom. The quantitative estimate of drug-likeness (QED) is 0.604. The third kappa shape index (κ3) is 4.92. The monoisotopic (exact) mass is 481 g/mol. The van der Waals surface area contributed by atoms with Crippen LogP contribution in [0, 0.1) is 0 Å². The van der Waals surface area contributed by atoms with Crippen molar-refractivity contribution in [2.75, 3.05) is 19.9 Å². The van der Waals surface area contributed by atoms with E-state index >= 15 is 0 Å². The van der Waals surface area contributed by atoms with Gasteiger partial charge in [-0.25, -0.2) is 13.2 Å². The van der Waals surface area contributed by atoms with E-state index in [-0.39, 0.29) is 49.2 Å². The summed E-state index contributed by atoms with van der Waals surface area (Å²) in [6.07, 6.45) is -0.421. The fourth-order valence-electron chi connectivity index (χ4n) is 3.85. The summed E-state index contributed by atoms with van der Waals surface area (Å²) in [4.78, 5) is 12.7. The smallest absolute Gasteiger partial charge is 0.338 e. The number of rotatable bonds is 5. The number of ether oxygens (including phenoxy) is 4. The van der Waals surface area contributed by atoms with Gasteiger partial charge in [-0.05, 0) is 44.2 Å². The molecule has 2 heterocycles. The van der Waals surface area contributed by atoms with Crippen molar-refractivity contribution in [2.45, 2.75) is 44.2 Å². The SMILES string of the molecule is C[C@@H]1CN(S(=O)(=O)c2cccc(C(=O)OCc3cc(Cl)cc4c3OCOC4)c2)C[C@@H](C)O1. The average molecular weight is 482 g/mol. The number of halogens is 1. The van der Waals surface area contributed by atoms with Crippen LogP contribution in [0.4, 0.5) is 0 Å². The highest BCUT2D eigenvalue weighted by molar-refractivity contribution is 7.89. The molecule has 0 aromatic heterocycles. The van der Waals surface area contributed by atoms with Crippen molar-refractivity contribution in [1.29, 1.82) is 0 Å². The van der Waals surface area contributed by atoms with Crippen molar-refractivity contribution < 1.29 is 32.2 Å². The molecule has 2 aromatic rings. The first kappa shape index (κ1) is 23.0. The van der Waals surface area contributed by atoms with Gasteiger partial charge in [0.1, 0.15) is 12.4 Å². The highest BCUT2D eigenvalue weighted by Crippen LogP contribution is 2.32. The maximum absolute atomic E-state index is 13.1. The zero-order valence-electron chi connectivity index (χ0n) is 17.7. The van der Waals surface area contributed by atoms with E-state index in [2.05, 4.69) is 0 Å². The Kier molecular flexibility index (Phi) is 6.73. The maximum atomic E-state index is 13.1. The molecule has 0 saturated carbocycles. The summed E-state index contributed by atoms with van der Waals surface area (Å²) in [6, 6.07) is 9.25. The minimum absolute atomic E-state index is 0.0360. The number of carbonyl (C=O) groups excluding carboxylic acids is 1. The molecule has 2 aliphatic rings. The summed E-state index contributed by atoms with van der Waals surface area (Å²) in [7, 11) is -3.77. The Bertz CT molecular complexity index is 1110. The lowest BCUT2D eigenvalue weighted by molar-refractivity contribution is -0.0440. The largest absolute Gasteiger partial charge is 0.467 e. The molecule has 8 nitrogen and oxygen atoms in total. The molecule has 10 heteroatoms. The van der Waals surface area contributed by atoms with Crippen LogP contribution in [0.15, 0.2) is 41.3 Å². The molecule has 0 unspecified atom stereocenters. The molecule has 4 rings (SSSR count). The van der Waals surface area contributed by atoms with Gasteiger partial charge in [-0.15, -0.1) is 0 Å². The Morgan fingerprint density at radius 3 is 2.69 bits per heavy atom. The van der Waals surface area contributed by atoms with Gasteiger partial charge in [0.25, 0.3) is 0 Å². The van der Waals surface area contributed by atoms with Crippen LogP contribution in [0.1, 0.15) is 35.3 Å². The van der Waals surface area contributed by atoms with E-state index in [4.69, 9.17) is 30.5 Å². The second kappa shape index (κ2) is 9.36. The van der Waals surface area contributed by atoms with E-state index < -0.39 is 16.0 Å². The van der Waals surface area contributed by atoms with Crippen LogP contribution in [-0.2, 0) is 37.4 Å². The molecule has 2 aromatic carbocycles. The summed E-state index contributed by atoms with van der Waals surface area (Å²) < 4.78 is 49.4. The zero-order chi connectivity index (χ0) is 22.9. The number of nitrogens with zero attached hydrogens (tertiary/aromatic N) is 1. The highest BCUT2D eigenvalue weighted by atomic mass is 35.5. The van der Waals surface area contributed by atoms with Crippen LogP contribution >= 0.6 is 11.6 Å². The molecule has 0 amide bonds. The standard InChI is InChI=1S/C22H24ClNO7S/c1-14-9-24(10-15(2)31-14)32(26,27)20-5-3-4-16(8-20)22(25)29-12-18-7-19(23)6-17-11-28-13-30-21(17)18/h3-8,14-15H,9-13H2,1-2H3/t14-,15-/m1/s1. The normalized spacial score (nSPS) is 21.5. The van der Waals surface area contributed by atoms with E-state index in [1.54, 1.807) is 12.1 Å². The van der Waals surface area contributed by atoms with Gasteiger partial charge >= 0.3 is 5.97 Å². The van der Waals surface area contributed by atoms with Crippen molar-refractivity contribution in [1.82, 2.24) is 4.31 Å². The molecule has 1 saturated heterocycles. The van der Waals surface area contributed by atoms with E-state index in [0.29, 0.717) is 22.9 Å². The molecule has 2 aliphatic heterocycles. The van der Waals surface area contributed by atoms with E-state index in [9.17, 15) is 13.2 Å². The van der Waals surface area contributed by atoms with Gasteiger partial charge in [0, 0.05) is 29.2 Å². The third-order valence-electron chi connectivity index (χ3n) is 5.20. The fourth-order valence-corrected chi connectivity index (χ4v) is 5.75. The lowest BCUT2D eigenvalue weighted by Gasteiger charge is -2.34. The number of fused-ring (bicyclic) bond motifs is 1. The molecule has 0 radical (unpaired) electrons. The Balaban J connectivity index is 1.50. The number of benzene rings is 2. The van der Waals surface area contributed by atoms with Crippen molar-refractivity contribution in [3.63, 3.8) is 0 Å². The van der Waals surface area contributed by atoms with Crippen LogP contribution in [0.2, 0.25) is 5.02 Å². The number of morpholine rings is 1. The number of sulfonamides is 1. The van der Waals surface area contributed by atoms with Gasteiger partial charge in [-0.2, -0.15) is 4.31 Å². The number of carbonyl (C=O) groups is 1. The predicted molar refractivity (Wildman–Crippen MR) is 116 cm³/mol. The first-order valence-corrected chi connectivity index (χ1v) is 12.0. The van der Waals surface area contributed by atoms with Crippen LogP contribution in [0.5, 0.6) is 5.75 Å². The Labute approximate surface area is 192 Å². The highest BCUT2D eigenvalue weighted by Gasteiger charge is 2.32. The van der Waals surface area contributed by atoms with Crippen molar-refractivity contribution in [2.24, 2.45) is 0 Å². The van der Waals surface area contributed by atoms with Crippen molar-refractivity contribution in [3.05, 3.63) is 58.1 Å². The summed E-state index contributed by atoms with van der Waals surface area (Å²) in [5.74, 6) is -0.0631. The Morgan fingerprint density at radius 2 is 1.94 bits per heavy atom. The molecule has 2 atom stereocenters. The third-order valence-corrected chi connectivity index (χ3v) is 7.25. The van der Waals surface area contributed by atoms with Gasteiger partial charge in [0.2, 0.25) is 10.0 Å². The number of hydrogen-bond donors (Lipinski definition) is 0. The van der Waals surface area contributed by atoms with E-state index in [1.807, 2.05) is 13.8 Å². The summed E-state index contributed by atoms with van der Waals surface area (Å²) in [6.45, 7) is 4.56. The molecule has 172 valence electrons. The molecule has 1 fully saturated rings.